The minimum absolute atomic E-state index is 0.173. The number of hydrazine groups is 1. The highest BCUT2D eigenvalue weighted by Gasteiger charge is 2.07. The third-order valence-corrected chi connectivity index (χ3v) is 2.32. The Bertz CT molecular complexity index is 505. The molecule has 5 N–H and O–H groups in total. The van der Waals surface area contributed by atoms with Crippen LogP contribution in [0.25, 0.3) is 5.82 Å². The molecule has 0 aliphatic heterocycles. The van der Waals surface area contributed by atoms with E-state index in [0.717, 1.165) is 18.7 Å². The Hall–Kier alpha value is -2.15. The molecule has 0 saturated carbocycles. The van der Waals surface area contributed by atoms with Crippen molar-refractivity contribution in [2.75, 3.05) is 11.2 Å². The molecule has 2 aromatic rings. The van der Waals surface area contributed by atoms with Crippen LogP contribution in [-0.2, 0) is 6.42 Å². The van der Waals surface area contributed by atoms with E-state index in [9.17, 15) is 0 Å². The number of rotatable bonds is 4. The number of nitrogens with two attached hydrogens (primary N) is 2. The Morgan fingerprint density at radius 3 is 2.94 bits per heavy atom. The quantitative estimate of drug-likeness (QED) is 0.523. The lowest BCUT2D eigenvalue weighted by Crippen LogP contribution is -2.12. The number of nitrogen functional groups attached to an aromatic ring is 2. The van der Waals surface area contributed by atoms with E-state index in [-0.39, 0.29) is 5.95 Å². The summed E-state index contributed by atoms with van der Waals surface area (Å²) in [6.45, 7) is 2.10. The molecule has 0 unspecified atom stereocenters. The maximum Gasteiger partial charge on any atom is 0.224 e. The maximum absolute atomic E-state index is 5.61. The zero-order valence-electron chi connectivity index (χ0n) is 9.59. The molecule has 0 atom stereocenters. The molecule has 2 aromatic heterocycles. The number of nitrogens with one attached hydrogen (secondary N) is 1. The van der Waals surface area contributed by atoms with Crippen LogP contribution in [0.5, 0.6) is 0 Å². The van der Waals surface area contributed by atoms with E-state index in [2.05, 4.69) is 27.3 Å². The number of hydrogen-bond donors (Lipinski definition) is 3. The second kappa shape index (κ2) is 4.79. The monoisotopic (exact) mass is 233 g/mol. The smallest absolute Gasteiger partial charge is 0.224 e. The van der Waals surface area contributed by atoms with Crippen LogP contribution in [0.2, 0.25) is 0 Å². The Morgan fingerprint density at radius 1 is 1.41 bits per heavy atom. The zero-order valence-corrected chi connectivity index (χ0v) is 9.59. The third kappa shape index (κ3) is 2.34. The van der Waals surface area contributed by atoms with Gasteiger partial charge in [0, 0.05) is 24.9 Å². The summed E-state index contributed by atoms with van der Waals surface area (Å²) in [6.07, 6.45) is 5.47. The second-order valence-electron chi connectivity index (χ2n) is 3.58. The first-order valence-electron chi connectivity index (χ1n) is 5.38. The molecule has 0 bridgehead atoms. The molecule has 17 heavy (non-hydrogen) atoms. The van der Waals surface area contributed by atoms with Crippen molar-refractivity contribution in [3.05, 3.63) is 24.3 Å². The predicted octanol–water partition coefficient (Wildman–Crippen LogP) is 0.483. The van der Waals surface area contributed by atoms with Crippen LogP contribution in [-0.4, -0.2) is 19.5 Å². The van der Waals surface area contributed by atoms with Gasteiger partial charge in [0.25, 0.3) is 0 Å². The molecule has 2 rings (SSSR count). The number of aromatic nitrogens is 4. The third-order valence-electron chi connectivity index (χ3n) is 2.32. The summed E-state index contributed by atoms with van der Waals surface area (Å²) in [7, 11) is 0. The zero-order chi connectivity index (χ0) is 12.3. The van der Waals surface area contributed by atoms with Gasteiger partial charge < -0.3 is 11.2 Å². The largest absolute Gasteiger partial charge is 0.368 e. The van der Waals surface area contributed by atoms with Gasteiger partial charge in [-0.3, -0.25) is 4.57 Å². The van der Waals surface area contributed by atoms with Gasteiger partial charge in [-0.15, -0.1) is 0 Å². The van der Waals surface area contributed by atoms with Crippen molar-refractivity contribution in [2.24, 2.45) is 5.84 Å². The first kappa shape index (κ1) is 11.3. The Balaban J connectivity index is 2.44. The van der Waals surface area contributed by atoms with E-state index in [1.165, 1.54) is 0 Å². The van der Waals surface area contributed by atoms with Gasteiger partial charge in [-0.25, -0.2) is 10.8 Å². The normalized spacial score (nSPS) is 10.5. The van der Waals surface area contributed by atoms with Crippen molar-refractivity contribution in [2.45, 2.75) is 19.8 Å². The van der Waals surface area contributed by atoms with Crippen molar-refractivity contribution >= 4 is 11.8 Å². The van der Waals surface area contributed by atoms with Gasteiger partial charge >= 0.3 is 0 Å². The fourth-order valence-corrected chi connectivity index (χ4v) is 1.60. The molecule has 0 fully saturated rings. The topological polar surface area (TPSA) is 108 Å². The summed E-state index contributed by atoms with van der Waals surface area (Å²) < 4.78 is 1.88. The van der Waals surface area contributed by atoms with Crippen molar-refractivity contribution < 1.29 is 0 Å². The second-order valence-corrected chi connectivity index (χ2v) is 3.58. The Labute approximate surface area is 98.9 Å². The lowest BCUT2D eigenvalue weighted by Gasteiger charge is -2.08. The van der Waals surface area contributed by atoms with Gasteiger partial charge in [0.05, 0.1) is 0 Å². The van der Waals surface area contributed by atoms with Gasteiger partial charge in [-0.05, 0) is 6.42 Å². The van der Waals surface area contributed by atoms with Gasteiger partial charge in [-0.1, -0.05) is 6.92 Å². The fourth-order valence-electron chi connectivity index (χ4n) is 1.60. The molecule has 7 nitrogen and oxygen atoms in total. The fraction of sp³-hybridized carbons (Fsp3) is 0.300. The molecule has 90 valence electrons. The van der Waals surface area contributed by atoms with Crippen molar-refractivity contribution in [3.63, 3.8) is 0 Å². The molecule has 7 heteroatoms. The van der Waals surface area contributed by atoms with E-state index in [0.29, 0.717) is 11.6 Å². The molecule has 0 radical (unpaired) electrons. The number of hydrogen-bond acceptors (Lipinski definition) is 6. The van der Waals surface area contributed by atoms with Gasteiger partial charge in [0.2, 0.25) is 5.95 Å². The molecule has 0 spiro atoms. The van der Waals surface area contributed by atoms with E-state index >= 15 is 0 Å². The highest BCUT2D eigenvalue weighted by atomic mass is 15.3. The first-order chi connectivity index (χ1) is 8.24. The minimum atomic E-state index is 0.173. The average Bonchev–Trinajstić information content (AvgIpc) is 2.77. The van der Waals surface area contributed by atoms with E-state index in [1.54, 1.807) is 12.3 Å². The van der Waals surface area contributed by atoms with Crippen LogP contribution in [0.3, 0.4) is 0 Å². The number of imidazole rings is 1. The average molecular weight is 233 g/mol. The van der Waals surface area contributed by atoms with Gasteiger partial charge in [0.1, 0.15) is 17.5 Å². The van der Waals surface area contributed by atoms with Crippen molar-refractivity contribution in [3.8, 4) is 5.82 Å². The molecule has 0 saturated heterocycles. The Kier molecular flexibility index (Phi) is 3.20. The van der Waals surface area contributed by atoms with Crippen LogP contribution in [0, 0.1) is 0 Å². The summed E-state index contributed by atoms with van der Waals surface area (Å²) >= 11 is 0. The summed E-state index contributed by atoms with van der Waals surface area (Å²) in [4.78, 5) is 12.4. The number of nitrogens with zero attached hydrogens (tertiary/aromatic N) is 4. The summed E-state index contributed by atoms with van der Waals surface area (Å²) in [6, 6.07) is 1.72. The maximum atomic E-state index is 5.61. The van der Waals surface area contributed by atoms with Crippen molar-refractivity contribution in [1.29, 1.82) is 0 Å². The van der Waals surface area contributed by atoms with Crippen molar-refractivity contribution in [1.82, 2.24) is 19.5 Å². The molecular formula is C10H15N7. The lowest BCUT2D eigenvalue weighted by molar-refractivity contribution is 0.797. The number of aryl methyl sites for hydroxylation is 1. The van der Waals surface area contributed by atoms with Crippen LogP contribution in [0.1, 0.15) is 19.2 Å². The number of anilines is 2. The van der Waals surface area contributed by atoms with Crippen LogP contribution in [0.15, 0.2) is 18.5 Å². The van der Waals surface area contributed by atoms with Gasteiger partial charge in [-0.2, -0.15) is 9.97 Å². The summed E-state index contributed by atoms with van der Waals surface area (Å²) in [5.74, 6) is 7.56. The summed E-state index contributed by atoms with van der Waals surface area (Å²) in [5.41, 5.74) is 8.07. The first-order valence-corrected chi connectivity index (χ1v) is 5.38. The highest BCUT2D eigenvalue weighted by Crippen LogP contribution is 2.14. The molecule has 0 aromatic carbocycles. The van der Waals surface area contributed by atoms with Crippen LogP contribution in [0.4, 0.5) is 11.8 Å². The molecule has 2 heterocycles. The van der Waals surface area contributed by atoms with Crippen LogP contribution < -0.4 is 17.0 Å². The molecule has 0 aliphatic carbocycles. The SMILES string of the molecule is CCCc1nccn1-c1cc(NN)nc(N)n1. The lowest BCUT2D eigenvalue weighted by atomic mass is 10.3. The standard InChI is InChI=1S/C10H15N7/c1-2-3-8-13-4-5-17(8)9-6-7(16-12)14-10(11)15-9/h4-6H,2-3,12H2,1H3,(H3,11,14,15,16). The Morgan fingerprint density at radius 2 is 2.24 bits per heavy atom. The summed E-state index contributed by atoms with van der Waals surface area (Å²) in [5, 5.41) is 0. The predicted molar refractivity (Wildman–Crippen MR) is 65.4 cm³/mol. The minimum Gasteiger partial charge on any atom is -0.368 e. The van der Waals surface area contributed by atoms with E-state index in [4.69, 9.17) is 11.6 Å². The molecule has 0 aliphatic rings. The van der Waals surface area contributed by atoms with E-state index in [1.807, 2.05) is 10.8 Å². The molecular weight excluding hydrogens is 218 g/mol. The van der Waals surface area contributed by atoms with Crippen LogP contribution >= 0.6 is 0 Å². The van der Waals surface area contributed by atoms with E-state index < -0.39 is 0 Å². The molecule has 0 amide bonds. The van der Waals surface area contributed by atoms with Gasteiger partial charge in [0.15, 0.2) is 0 Å². The highest BCUT2D eigenvalue weighted by molar-refractivity contribution is 5.45.